The van der Waals surface area contributed by atoms with Crippen LogP contribution >= 0.6 is 23.2 Å². The number of carbonyl (C=O) groups excluding carboxylic acids is 1. The highest BCUT2D eigenvalue weighted by molar-refractivity contribution is 6.67. The summed E-state index contributed by atoms with van der Waals surface area (Å²) in [6.45, 7) is 0. The minimum absolute atomic E-state index is 0.0957. The number of alkyl halides is 1. The zero-order chi connectivity index (χ0) is 8.53. The van der Waals surface area contributed by atoms with Crippen molar-refractivity contribution in [1.29, 1.82) is 0 Å². The smallest absolute Gasteiger partial charge is 0.236 e. The van der Waals surface area contributed by atoms with Crippen LogP contribution in [-0.2, 0) is 4.79 Å². The second kappa shape index (κ2) is 7.51. The summed E-state index contributed by atoms with van der Waals surface area (Å²) in [4.78, 5) is 13.2. The number of nitrogens with zero attached hydrogens (tertiary/aromatic N) is 1. The van der Waals surface area contributed by atoms with Crippen molar-refractivity contribution in [3.63, 3.8) is 0 Å². The van der Waals surface area contributed by atoms with Crippen LogP contribution in [0.3, 0.4) is 0 Å². The Balaban J connectivity index is 0.000000187. The Morgan fingerprint density at radius 1 is 1.27 bits per heavy atom. The van der Waals surface area contributed by atoms with E-state index in [1.807, 2.05) is 18.2 Å². The quantitative estimate of drug-likeness (QED) is 0.503. The Kier molecular flexibility index (Phi) is 7.10. The normalized spacial score (nSPS) is 7.82. The van der Waals surface area contributed by atoms with E-state index in [1.165, 1.54) is 0 Å². The lowest BCUT2D eigenvalue weighted by atomic mass is 10.5. The first-order valence-corrected chi connectivity index (χ1v) is 3.78. The molecule has 1 heterocycles. The van der Waals surface area contributed by atoms with Crippen molar-refractivity contribution in [2.24, 2.45) is 0 Å². The number of hydrogen-bond acceptors (Lipinski definition) is 2. The number of hydrogen-bond donors (Lipinski definition) is 0. The maximum Gasteiger partial charge on any atom is 0.236 e. The predicted molar refractivity (Wildman–Crippen MR) is 45.8 cm³/mol. The molecule has 0 radical (unpaired) electrons. The van der Waals surface area contributed by atoms with Gasteiger partial charge >= 0.3 is 0 Å². The molecule has 0 atom stereocenters. The average Bonchev–Trinajstić information content (AvgIpc) is 2.09. The van der Waals surface area contributed by atoms with Crippen LogP contribution in [-0.4, -0.2) is 16.1 Å². The molecule has 0 spiro atoms. The highest BCUT2D eigenvalue weighted by atomic mass is 35.5. The molecule has 0 amide bonds. The molecule has 1 rings (SSSR count). The Morgan fingerprint density at radius 3 is 1.82 bits per heavy atom. The summed E-state index contributed by atoms with van der Waals surface area (Å²) in [6.07, 6.45) is 3.50. The van der Waals surface area contributed by atoms with E-state index in [9.17, 15) is 4.79 Å². The van der Waals surface area contributed by atoms with Crippen molar-refractivity contribution in [3.05, 3.63) is 30.6 Å². The van der Waals surface area contributed by atoms with Crippen molar-refractivity contribution < 1.29 is 4.79 Å². The summed E-state index contributed by atoms with van der Waals surface area (Å²) in [5, 5.41) is -0.508. The second-order valence-corrected chi connectivity index (χ2v) is 2.20. The van der Waals surface area contributed by atoms with Crippen LogP contribution in [0.2, 0.25) is 0 Å². The van der Waals surface area contributed by atoms with E-state index in [4.69, 9.17) is 23.2 Å². The van der Waals surface area contributed by atoms with Crippen molar-refractivity contribution in [1.82, 2.24) is 4.98 Å². The molecule has 1 aromatic rings. The van der Waals surface area contributed by atoms with Crippen LogP contribution in [0.1, 0.15) is 0 Å². The van der Waals surface area contributed by atoms with Gasteiger partial charge in [-0.3, -0.25) is 9.78 Å². The van der Waals surface area contributed by atoms with Gasteiger partial charge in [0, 0.05) is 12.4 Å². The number of pyridine rings is 1. The summed E-state index contributed by atoms with van der Waals surface area (Å²) >= 11 is 9.55. The van der Waals surface area contributed by atoms with Crippen LogP contribution < -0.4 is 0 Å². The fourth-order valence-electron chi connectivity index (χ4n) is 0.313. The highest BCUT2D eigenvalue weighted by Gasteiger charge is 1.83. The van der Waals surface area contributed by atoms with Crippen molar-refractivity contribution in [2.75, 3.05) is 5.88 Å². The molecule has 1 aromatic heterocycles. The van der Waals surface area contributed by atoms with Crippen LogP contribution in [0, 0.1) is 0 Å². The van der Waals surface area contributed by atoms with Gasteiger partial charge in [0.2, 0.25) is 5.24 Å². The molecule has 0 saturated heterocycles. The van der Waals surface area contributed by atoms with Gasteiger partial charge in [-0.1, -0.05) is 6.07 Å². The predicted octanol–water partition coefficient (Wildman–Crippen LogP) is 2.07. The van der Waals surface area contributed by atoms with Gasteiger partial charge < -0.3 is 0 Å². The van der Waals surface area contributed by atoms with E-state index < -0.39 is 5.24 Å². The van der Waals surface area contributed by atoms with Crippen LogP contribution in [0.4, 0.5) is 0 Å². The van der Waals surface area contributed by atoms with Gasteiger partial charge in [0.05, 0.1) is 5.88 Å². The van der Waals surface area contributed by atoms with E-state index in [0.717, 1.165) is 0 Å². The minimum Gasteiger partial charge on any atom is -0.280 e. The number of carbonyl (C=O) groups is 1. The molecule has 0 N–H and O–H groups in total. The van der Waals surface area contributed by atoms with Crippen LogP contribution in [0.5, 0.6) is 0 Å². The lowest BCUT2D eigenvalue weighted by molar-refractivity contribution is -0.109. The van der Waals surface area contributed by atoms with E-state index in [0.29, 0.717) is 0 Å². The summed E-state index contributed by atoms with van der Waals surface area (Å²) in [5.41, 5.74) is 0. The van der Waals surface area contributed by atoms with Gasteiger partial charge in [0.25, 0.3) is 0 Å². The largest absolute Gasteiger partial charge is 0.280 e. The Morgan fingerprint density at radius 2 is 1.73 bits per heavy atom. The number of aromatic nitrogens is 1. The molecule has 0 aliphatic rings. The summed E-state index contributed by atoms with van der Waals surface area (Å²) in [5.74, 6) is -0.0957. The van der Waals surface area contributed by atoms with Gasteiger partial charge in [-0.25, -0.2) is 0 Å². The number of rotatable bonds is 1. The maximum atomic E-state index is 9.45. The molecule has 0 aliphatic carbocycles. The lowest BCUT2D eigenvalue weighted by Crippen LogP contribution is -1.81. The molecule has 60 valence electrons. The molecule has 11 heavy (non-hydrogen) atoms. The minimum atomic E-state index is -0.508. The molecule has 0 aromatic carbocycles. The Hall–Kier alpha value is -0.600. The second-order valence-electron chi connectivity index (χ2n) is 1.51. The van der Waals surface area contributed by atoms with E-state index in [1.54, 1.807) is 12.4 Å². The standard InChI is InChI=1S/C5H5N.C2H2Cl2O/c1-2-4-6-5-3-1;3-1-2(4)5/h1-5H;1H2. The summed E-state index contributed by atoms with van der Waals surface area (Å²) < 4.78 is 0. The molecule has 0 aliphatic heterocycles. The topological polar surface area (TPSA) is 30.0 Å². The average molecular weight is 192 g/mol. The third-order valence-corrected chi connectivity index (χ3v) is 1.18. The first kappa shape index (κ1) is 10.4. The molecular formula is C7H7Cl2NO. The van der Waals surface area contributed by atoms with Crippen LogP contribution in [0.15, 0.2) is 30.6 Å². The van der Waals surface area contributed by atoms with Gasteiger partial charge in [-0.15, -0.1) is 11.6 Å². The SMILES string of the molecule is O=C(Cl)CCl.c1ccncc1. The van der Waals surface area contributed by atoms with E-state index in [-0.39, 0.29) is 5.88 Å². The van der Waals surface area contributed by atoms with Gasteiger partial charge in [0.15, 0.2) is 0 Å². The van der Waals surface area contributed by atoms with Gasteiger partial charge in [-0.05, 0) is 23.7 Å². The molecule has 0 unspecified atom stereocenters. The maximum absolute atomic E-state index is 9.45. The summed E-state index contributed by atoms with van der Waals surface area (Å²) in [7, 11) is 0. The highest BCUT2D eigenvalue weighted by Crippen LogP contribution is 1.80. The van der Waals surface area contributed by atoms with Crippen LogP contribution in [0.25, 0.3) is 0 Å². The zero-order valence-electron chi connectivity index (χ0n) is 5.71. The first-order valence-electron chi connectivity index (χ1n) is 2.86. The summed E-state index contributed by atoms with van der Waals surface area (Å²) in [6, 6.07) is 5.72. The van der Waals surface area contributed by atoms with Gasteiger partial charge in [0.1, 0.15) is 0 Å². The molecule has 2 nitrogen and oxygen atoms in total. The molecule has 4 heteroatoms. The van der Waals surface area contributed by atoms with Crippen molar-refractivity contribution in [2.45, 2.75) is 0 Å². The Bertz CT molecular complexity index is 164. The third-order valence-electron chi connectivity index (χ3n) is 0.672. The monoisotopic (exact) mass is 191 g/mol. The Labute approximate surface area is 75.2 Å². The van der Waals surface area contributed by atoms with Crippen molar-refractivity contribution in [3.8, 4) is 0 Å². The molecule has 0 fully saturated rings. The van der Waals surface area contributed by atoms with E-state index >= 15 is 0 Å². The molecular weight excluding hydrogens is 185 g/mol. The zero-order valence-corrected chi connectivity index (χ0v) is 7.22. The van der Waals surface area contributed by atoms with Crippen molar-refractivity contribution >= 4 is 28.4 Å². The third kappa shape index (κ3) is 9.40. The fraction of sp³-hybridized carbons (Fsp3) is 0.143. The number of halogens is 2. The van der Waals surface area contributed by atoms with E-state index in [2.05, 4.69) is 4.98 Å². The van der Waals surface area contributed by atoms with Gasteiger partial charge in [-0.2, -0.15) is 0 Å². The lowest BCUT2D eigenvalue weighted by Gasteiger charge is -1.70. The molecule has 0 saturated carbocycles. The first-order chi connectivity index (χ1) is 5.27. The molecule has 0 bridgehead atoms. The fourth-order valence-corrected chi connectivity index (χ4v) is 0.313.